The normalized spacial score (nSPS) is 17.8. The molecule has 3 aromatic rings. The number of pyridine rings is 1. The highest BCUT2D eigenvalue weighted by Gasteiger charge is 2.22. The predicted octanol–water partition coefficient (Wildman–Crippen LogP) is 3.59. The molecule has 2 aromatic heterocycles. The van der Waals surface area contributed by atoms with Crippen molar-refractivity contribution in [1.29, 1.82) is 0 Å². The van der Waals surface area contributed by atoms with E-state index in [1.807, 2.05) is 11.6 Å². The van der Waals surface area contributed by atoms with Crippen LogP contribution in [-0.4, -0.2) is 46.2 Å². The lowest BCUT2D eigenvalue weighted by Crippen LogP contribution is -2.39. The van der Waals surface area contributed by atoms with Gasteiger partial charge < -0.3 is 10.0 Å². The molecule has 142 valence electrons. The lowest BCUT2D eigenvalue weighted by molar-refractivity contribution is 0.153. The number of benzene rings is 1. The standard InChI is InChI=1S/C21H26N4OS/c1-15-5-6-19-16(10-15)11-17(12-24(2)14-20-22-7-9-27-20)21(23-19)25-8-3-4-18(26)13-25/h5-7,9-11,18,26H,3-4,8,12-14H2,1-2H3. The third-order valence-electron chi connectivity index (χ3n) is 5.05. The van der Waals surface area contributed by atoms with Crippen LogP contribution in [0.2, 0.25) is 0 Å². The maximum Gasteiger partial charge on any atom is 0.133 e. The maximum absolute atomic E-state index is 10.1. The highest BCUT2D eigenvalue weighted by molar-refractivity contribution is 7.09. The molecule has 5 nitrogen and oxygen atoms in total. The van der Waals surface area contributed by atoms with Crippen LogP contribution in [0, 0.1) is 6.92 Å². The molecule has 0 bridgehead atoms. The van der Waals surface area contributed by atoms with Gasteiger partial charge in [-0.2, -0.15) is 0 Å². The number of fused-ring (bicyclic) bond motifs is 1. The lowest BCUT2D eigenvalue weighted by atomic mass is 10.1. The van der Waals surface area contributed by atoms with E-state index < -0.39 is 0 Å². The van der Waals surface area contributed by atoms with Crippen LogP contribution < -0.4 is 4.90 Å². The van der Waals surface area contributed by atoms with Gasteiger partial charge in [-0.05, 0) is 45.0 Å². The summed E-state index contributed by atoms with van der Waals surface area (Å²) in [6, 6.07) is 8.67. The highest BCUT2D eigenvalue weighted by atomic mass is 32.1. The summed E-state index contributed by atoms with van der Waals surface area (Å²) in [4.78, 5) is 13.9. The Hall–Kier alpha value is -2.02. The fourth-order valence-electron chi connectivity index (χ4n) is 3.78. The second kappa shape index (κ2) is 7.92. The van der Waals surface area contributed by atoms with Gasteiger partial charge in [-0.15, -0.1) is 11.3 Å². The fourth-order valence-corrected chi connectivity index (χ4v) is 4.47. The molecule has 3 heterocycles. The van der Waals surface area contributed by atoms with E-state index in [2.05, 4.69) is 53.0 Å². The first-order valence-corrected chi connectivity index (χ1v) is 10.4. The van der Waals surface area contributed by atoms with Crippen molar-refractivity contribution in [3.05, 3.63) is 52.0 Å². The number of β-amino-alcohol motifs (C(OH)–C–C–N with tert-alkyl or cyclic N) is 1. The minimum Gasteiger partial charge on any atom is -0.391 e. The van der Waals surface area contributed by atoms with E-state index in [-0.39, 0.29) is 6.10 Å². The van der Waals surface area contributed by atoms with E-state index in [0.29, 0.717) is 6.54 Å². The zero-order chi connectivity index (χ0) is 18.8. The summed E-state index contributed by atoms with van der Waals surface area (Å²) in [6.07, 6.45) is 3.47. The average Bonchev–Trinajstić information content (AvgIpc) is 3.14. The van der Waals surface area contributed by atoms with Gasteiger partial charge in [0.25, 0.3) is 0 Å². The molecule has 1 aliphatic heterocycles. The number of aliphatic hydroxyl groups excluding tert-OH is 1. The van der Waals surface area contributed by atoms with Gasteiger partial charge in [-0.25, -0.2) is 9.97 Å². The molecule has 4 rings (SSSR count). The Labute approximate surface area is 164 Å². The minimum atomic E-state index is -0.268. The smallest absolute Gasteiger partial charge is 0.133 e. The number of hydrogen-bond acceptors (Lipinski definition) is 6. The Morgan fingerprint density at radius 2 is 2.19 bits per heavy atom. The molecule has 1 N–H and O–H groups in total. The third-order valence-corrected chi connectivity index (χ3v) is 5.82. The number of nitrogens with zero attached hydrogens (tertiary/aromatic N) is 4. The zero-order valence-electron chi connectivity index (χ0n) is 15.9. The van der Waals surface area contributed by atoms with Crippen LogP contribution in [-0.2, 0) is 13.1 Å². The van der Waals surface area contributed by atoms with Crippen molar-refractivity contribution < 1.29 is 5.11 Å². The molecular weight excluding hydrogens is 356 g/mol. The molecule has 1 unspecified atom stereocenters. The molecule has 0 saturated carbocycles. The zero-order valence-corrected chi connectivity index (χ0v) is 16.7. The van der Waals surface area contributed by atoms with Crippen molar-refractivity contribution in [2.75, 3.05) is 25.0 Å². The summed E-state index contributed by atoms with van der Waals surface area (Å²) in [5.74, 6) is 1.01. The molecule has 1 fully saturated rings. The minimum absolute atomic E-state index is 0.268. The van der Waals surface area contributed by atoms with Crippen molar-refractivity contribution in [3.63, 3.8) is 0 Å². The first-order chi connectivity index (χ1) is 13.1. The molecule has 1 aromatic carbocycles. The van der Waals surface area contributed by atoms with Crippen LogP contribution in [0.5, 0.6) is 0 Å². The fraction of sp³-hybridized carbons (Fsp3) is 0.429. The van der Waals surface area contributed by atoms with E-state index in [1.165, 1.54) is 16.5 Å². The largest absolute Gasteiger partial charge is 0.391 e. The highest BCUT2D eigenvalue weighted by Crippen LogP contribution is 2.28. The summed E-state index contributed by atoms with van der Waals surface area (Å²) in [7, 11) is 2.12. The Kier molecular flexibility index (Phi) is 5.38. The SMILES string of the molecule is Cc1ccc2nc(N3CCCC(O)C3)c(CN(C)Cc3nccs3)cc2c1. The molecule has 1 aliphatic rings. The summed E-state index contributed by atoms with van der Waals surface area (Å²) >= 11 is 1.69. The molecule has 0 aliphatic carbocycles. The van der Waals surface area contributed by atoms with Gasteiger partial charge in [0.15, 0.2) is 0 Å². The number of anilines is 1. The molecular formula is C21H26N4OS. The third kappa shape index (κ3) is 4.29. The molecule has 1 saturated heterocycles. The van der Waals surface area contributed by atoms with Gasteiger partial charge in [-0.1, -0.05) is 11.6 Å². The predicted molar refractivity (Wildman–Crippen MR) is 111 cm³/mol. The van der Waals surface area contributed by atoms with Crippen LogP contribution >= 0.6 is 11.3 Å². The topological polar surface area (TPSA) is 52.5 Å². The van der Waals surface area contributed by atoms with E-state index in [0.717, 1.165) is 48.8 Å². The van der Waals surface area contributed by atoms with Gasteiger partial charge in [0, 0.05) is 42.2 Å². The van der Waals surface area contributed by atoms with Crippen molar-refractivity contribution >= 4 is 28.1 Å². The summed E-state index contributed by atoms with van der Waals surface area (Å²) in [5.41, 5.74) is 3.47. The van der Waals surface area contributed by atoms with Gasteiger partial charge in [0.1, 0.15) is 10.8 Å². The second-order valence-electron chi connectivity index (χ2n) is 7.51. The number of aryl methyl sites for hydroxylation is 1. The Bertz CT molecular complexity index is 912. The molecule has 1 atom stereocenters. The number of thiazole rings is 1. The number of hydrogen-bond donors (Lipinski definition) is 1. The maximum atomic E-state index is 10.1. The molecule has 0 spiro atoms. The van der Waals surface area contributed by atoms with Crippen molar-refractivity contribution in [2.24, 2.45) is 0 Å². The molecule has 0 radical (unpaired) electrons. The first kappa shape index (κ1) is 18.3. The monoisotopic (exact) mass is 382 g/mol. The van der Waals surface area contributed by atoms with Gasteiger partial charge in [-0.3, -0.25) is 4.90 Å². The van der Waals surface area contributed by atoms with Crippen LogP contribution in [0.15, 0.2) is 35.8 Å². The lowest BCUT2D eigenvalue weighted by Gasteiger charge is -2.33. The number of aliphatic hydroxyl groups is 1. The Balaban J connectivity index is 1.67. The van der Waals surface area contributed by atoms with Crippen LogP contribution in [0.4, 0.5) is 5.82 Å². The first-order valence-electron chi connectivity index (χ1n) is 9.49. The second-order valence-corrected chi connectivity index (χ2v) is 8.49. The van der Waals surface area contributed by atoms with Crippen LogP contribution in [0.1, 0.15) is 29.0 Å². The summed E-state index contributed by atoms with van der Waals surface area (Å²) < 4.78 is 0. The van der Waals surface area contributed by atoms with Gasteiger partial charge >= 0.3 is 0 Å². The van der Waals surface area contributed by atoms with E-state index in [4.69, 9.17) is 4.98 Å². The summed E-state index contributed by atoms with van der Waals surface area (Å²) in [6.45, 7) is 5.35. The van der Waals surface area contributed by atoms with E-state index in [1.54, 1.807) is 11.3 Å². The Morgan fingerprint density at radius 1 is 1.30 bits per heavy atom. The molecule has 27 heavy (non-hydrogen) atoms. The summed E-state index contributed by atoms with van der Waals surface area (Å²) in [5, 5.41) is 14.5. The number of piperidine rings is 1. The van der Waals surface area contributed by atoms with Gasteiger partial charge in [0.2, 0.25) is 0 Å². The average molecular weight is 383 g/mol. The van der Waals surface area contributed by atoms with Crippen LogP contribution in [0.25, 0.3) is 10.9 Å². The van der Waals surface area contributed by atoms with Crippen molar-refractivity contribution in [2.45, 2.75) is 39.0 Å². The Morgan fingerprint density at radius 3 is 2.96 bits per heavy atom. The molecule has 0 amide bonds. The number of aromatic nitrogens is 2. The molecule has 6 heteroatoms. The van der Waals surface area contributed by atoms with E-state index in [9.17, 15) is 5.11 Å². The van der Waals surface area contributed by atoms with E-state index >= 15 is 0 Å². The van der Waals surface area contributed by atoms with Crippen molar-refractivity contribution in [1.82, 2.24) is 14.9 Å². The van der Waals surface area contributed by atoms with Gasteiger partial charge in [0.05, 0.1) is 18.2 Å². The van der Waals surface area contributed by atoms with Crippen LogP contribution in [0.3, 0.4) is 0 Å². The van der Waals surface area contributed by atoms with Crippen molar-refractivity contribution in [3.8, 4) is 0 Å². The number of rotatable bonds is 5. The quantitative estimate of drug-likeness (QED) is 0.731.